The maximum Gasteiger partial charge on any atom is 0.240 e. The molecule has 1 aliphatic carbocycles. The van der Waals surface area contributed by atoms with E-state index in [2.05, 4.69) is 11.4 Å². The molecule has 1 saturated heterocycles. The molecule has 102 valence electrons. The molecule has 0 aromatic heterocycles. The number of ether oxygens (including phenoxy) is 1. The van der Waals surface area contributed by atoms with E-state index in [1.807, 2.05) is 0 Å². The molecule has 3 N–H and O–H groups in total. The lowest BCUT2D eigenvalue weighted by Gasteiger charge is -2.31. The van der Waals surface area contributed by atoms with Crippen LogP contribution < -0.4 is 11.1 Å². The third-order valence-electron chi connectivity index (χ3n) is 3.95. The van der Waals surface area contributed by atoms with Gasteiger partial charge in [-0.05, 0) is 44.9 Å². The maximum atomic E-state index is 12.1. The van der Waals surface area contributed by atoms with Crippen molar-refractivity contribution in [1.29, 1.82) is 0 Å². The van der Waals surface area contributed by atoms with E-state index in [0.29, 0.717) is 32.6 Å². The van der Waals surface area contributed by atoms with Crippen molar-refractivity contribution in [3.8, 4) is 0 Å². The van der Waals surface area contributed by atoms with E-state index >= 15 is 0 Å². The Bertz CT molecular complexity index is 320. The molecule has 1 heterocycles. The second-order valence-electron chi connectivity index (χ2n) is 5.38. The number of allylic oxidation sites excluding steroid dienone is 1. The van der Waals surface area contributed by atoms with Crippen molar-refractivity contribution >= 4 is 5.91 Å². The van der Waals surface area contributed by atoms with Crippen LogP contribution in [0, 0.1) is 0 Å². The number of carbonyl (C=O) groups excluding carboxylic acids is 1. The monoisotopic (exact) mass is 252 g/mol. The van der Waals surface area contributed by atoms with Crippen molar-refractivity contribution in [1.82, 2.24) is 5.32 Å². The van der Waals surface area contributed by atoms with Gasteiger partial charge in [-0.3, -0.25) is 4.79 Å². The van der Waals surface area contributed by atoms with Gasteiger partial charge in [0.2, 0.25) is 5.91 Å². The van der Waals surface area contributed by atoms with Crippen LogP contribution in [0.1, 0.15) is 44.9 Å². The summed E-state index contributed by atoms with van der Waals surface area (Å²) in [6.07, 6.45) is 9.53. The highest BCUT2D eigenvalue weighted by Crippen LogP contribution is 2.20. The molecule has 1 fully saturated rings. The van der Waals surface area contributed by atoms with E-state index in [-0.39, 0.29) is 5.91 Å². The summed E-state index contributed by atoms with van der Waals surface area (Å²) in [6, 6.07) is 0. The summed E-state index contributed by atoms with van der Waals surface area (Å²) in [4.78, 5) is 12.1. The van der Waals surface area contributed by atoms with Crippen molar-refractivity contribution in [3.05, 3.63) is 11.6 Å². The Morgan fingerprint density at radius 1 is 1.39 bits per heavy atom. The van der Waals surface area contributed by atoms with Gasteiger partial charge in [-0.1, -0.05) is 11.6 Å². The average molecular weight is 252 g/mol. The summed E-state index contributed by atoms with van der Waals surface area (Å²) in [5, 5.41) is 2.98. The van der Waals surface area contributed by atoms with Crippen LogP contribution in [-0.4, -0.2) is 31.2 Å². The standard InChI is InChI=1S/C14H24N2O2/c15-14(7-10-18-11-8-14)13(17)16-9-6-12-4-2-1-3-5-12/h4H,1-3,5-11,15H2,(H,16,17). The van der Waals surface area contributed by atoms with Gasteiger partial charge in [-0.15, -0.1) is 0 Å². The van der Waals surface area contributed by atoms with Gasteiger partial charge in [0.1, 0.15) is 0 Å². The van der Waals surface area contributed by atoms with Gasteiger partial charge in [0.15, 0.2) is 0 Å². The third-order valence-corrected chi connectivity index (χ3v) is 3.95. The third kappa shape index (κ3) is 3.56. The highest BCUT2D eigenvalue weighted by atomic mass is 16.5. The number of carbonyl (C=O) groups is 1. The molecule has 0 unspecified atom stereocenters. The minimum absolute atomic E-state index is 0.0118. The molecule has 2 rings (SSSR count). The molecule has 4 nitrogen and oxygen atoms in total. The Kier molecular flexibility index (Phi) is 4.78. The van der Waals surface area contributed by atoms with Crippen molar-refractivity contribution in [2.75, 3.05) is 19.8 Å². The molecule has 0 spiro atoms. The van der Waals surface area contributed by atoms with Crippen molar-refractivity contribution in [2.45, 2.75) is 50.5 Å². The van der Waals surface area contributed by atoms with Crippen LogP contribution >= 0.6 is 0 Å². The molecule has 4 heteroatoms. The molecule has 0 radical (unpaired) electrons. The van der Waals surface area contributed by atoms with Gasteiger partial charge in [-0.2, -0.15) is 0 Å². The van der Waals surface area contributed by atoms with Crippen LogP contribution in [0.5, 0.6) is 0 Å². The highest BCUT2D eigenvalue weighted by Gasteiger charge is 2.35. The van der Waals surface area contributed by atoms with E-state index in [1.54, 1.807) is 0 Å². The molecule has 18 heavy (non-hydrogen) atoms. The Hall–Kier alpha value is -0.870. The minimum atomic E-state index is -0.709. The van der Waals surface area contributed by atoms with Gasteiger partial charge in [0, 0.05) is 19.8 Å². The summed E-state index contributed by atoms with van der Waals surface area (Å²) in [7, 11) is 0. The summed E-state index contributed by atoms with van der Waals surface area (Å²) in [5.41, 5.74) is 6.89. The van der Waals surface area contributed by atoms with E-state index < -0.39 is 5.54 Å². The highest BCUT2D eigenvalue weighted by molar-refractivity contribution is 5.86. The van der Waals surface area contributed by atoms with E-state index in [4.69, 9.17) is 10.5 Å². The smallest absolute Gasteiger partial charge is 0.240 e. The number of nitrogens with two attached hydrogens (primary N) is 1. The molecular formula is C14H24N2O2. The number of rotatable bonds is 4. The predicted molar refractivity (Wildman–Crippen MR) is 71.1 cm³/mol. The quantitative estimate of drug-likeness (QED) is 0.745. The first-order valence-corrected chi connectivity index (χ1v) is 7.03. The summed E-state index contributed by atoms with van der Waals surface area (Å²) >= 11 is 0. The molecule has 2 aliphatic rings. The molecule has 0 saturated carbocycles. The average Bonchev–Trinajstić information content (AvgIpc) is 2.41. The predicted octanol–water partition coefficient (Wildman–Crippen LogP) is 1.50. The van der Waals surface area contributed by atoms with Crippen molar-refractivity contribution in [2.24, 2.45) is 5.73 Å². The lowest BCUT2D eigenvalue weighted by Crippen LogP contribution is -2.57. The minimum Gasteiger partial charge on any atom is -0.381 e. The van der Waals surface area contributed by atoms with Gasteiger partial charge in [0.25, 0.3) is 0 Å². The Morgan fingerprint density at radius 3 is 2.83 bits per heavy atom. The van der Waals surface area contributed by atoms with Crippen LogP contribution in [0.3, 0.4) is 0 Å². The number of hydrogen-bond donors (Lipinski definition) is 2. The number of nitrogens with one attached hydrogen (secondary N) is 1. The SMILES string of the molecule is NC1(C(=O)NCCC2=CCCCC2)CCOCC1. The maximum absolute atomic E-state index is 12.1. The van der Waals surface area contributed by atoms with Gasteiger partial charge in [-0.25, -0.2) is 0 Å². The van der Waals surface area contributed by atoms with Crippen LogP contribution in [-0.2, 0) is 9.53 Å². The number of amides is 1. The molecule has 0 aromatic carbocycles. The van der Waals surface area contributed by atoms with Crippen LogP contribution in [0.25, 0.3) is 0 Å². The van der Waals surface area contributed by atoms with Crippen molar-refractivity contribution < 1.29 is 9.53 Å². The lowest BCUT2D eigenvalue weighted by molar-refractivity contribution is -0.129. The largest absolute Gasteiger partial charge is 0.381 e. The second kappa shape index (κ2) is 6.34. The topological polar surface area (TPSA) is 64.4 Å². The van der Waals surface area contributed by atoms with Crippen LogP contribution in [0.2, 0.25) is 0 Å². The summed E-state index contributed by atoms with van der Waals surface area (Å²) in [5.74, 6) is -0.0118. The molecule has 0 bridgehead atoms. The second-order valence-corrected chi connectivity index (χ2v) is 5.38. The molecule has 1 amide bonds. The van der Waals surface area contributed by atoms with Gasteiger partial charge in [0.05, 0.1) is 5.54 Å². The first-order chi connectivity index (χ1) is 8.71. The first-order valence-electron chi connectivity index (χ1n) is 7.03. The normalized spacial score (nSPS) is 23.3. The molecule has 0 aromatic rings. The Labute approximate surface area is 109 Å². The zero-order valence-electron chi connectivity index (χ0n) is 11.0. The van der Waals surface area contributed by atoms with Crippen LogP contribution in [0.4, 0.5) is 0 Å². The lowest BCUT2D eigenvalue weighted by atomic mass is 9.90. The molecular weight excluding hydrogens is 228 g/mol. The molecule has 1 aliphatic heterocycles. The molecule has 0 atom stereocenters. The zero-order chi connectivity index (χ0) is 12.8. The summed E-state index contributed by atoms with van der Waals surface area (Å²) < 4.78 is 5.25. The van der Waals surface area contributed by atoms with Gasteiger partial charge >= 0.3 is 0 Å². The fourth-order valence-electron chi connectivity index (χ4n) is 2.61. The van der Waals surface area contributed by atoms with Crippen LogP contribution in [0.15, 0.2) is 11.6 Å². The van der Waals surface area contributed by atoms with Crippen molar-refractivity contribution in [3.63, 3.8) is 0 Å². The fraction of sp³-hybridized carbons (Fsp3) is 0.786. The number of hydrogen-bond acceptors (Lipinski definition) is 3. The van der Waals surface area contributed by atoms with E-state index in [1.165, 1.54) is 31.3 Å². The zero-order valence-corrected chi connectivity index (χ0v) is 11.0. The first kappa shape index (κ1) is 13.6. The van der Waals surface area contributed by atoms with E-state index in [0.717, 1.165) is 6.42 Å². The van der Waals surface area contributed by atoms with Gasteiger partial charge < -0.3 is 15.8 Å². The summed E-state index contributed by atoms with van der Waals surface area (Å²) in [6.45, 7) is 1.90. The fourth-order valence-corrected chi connectivity index (χ4v) is 2.61. The Balaban J connectivity index is 1.72. The van der Waals surface area contributed by atoms with E-state index in [9.17, 15) is 4.79 Å². The Morgan fingerprint density at radius 2 is 2.17 bits per heavy atom.